The quantitative estimate of drug-likeness (QED) is 0.772. The largest absolute Gasteiger partial charge is 0.481 e. The van der Waals surface area contributed by atoms with Crippen LogP contribution in [0.4, 0.5) is 0 Å². The van der Waals surface area contributed by atoms with Gasteiger partial charge in [0.05, 0.1) is 17.4 Å². The van der Waals surface area contributed by atoms with E-state index in [4.69, 9.17) is 9.84 Å². The van der Waals surface area contributed by atoms with Crippen molar-refractivity contribution in [1.29, 1.82) is 0 Å². The Morgan fingerprint density at radius 3 is 2.37 bits per heavy atom. The van der Waals surface area contributed by atoms with Gasteiger partial charge in [-0.1, -0.05) is 12.8 Å². The molecule has 5 nitrogen and oxygen atoms in total. The maximum absolute atomic E-state index is 12.1. The Kier molecular flexibility index (Phi) is 5.79. The van der Waals surface area contributed by atoms with E-state index < -0.39 is 23.4 Å². The molecule has 110 valence electrons. The van der Waals surface area contributed by atoms with Crippen LogP contribution in [0.15, 0.2) is 0 Å². The first-order valence-electron chi connectivity index (χ1n) is 7.02. The number of rotatable bonds is 6. The van der Waals surface area contributed by atoms with E-state index >= 15 is 0 Å². The average Bonchev–Trinajstić information content (AvgIpc) is 2.36. The third kappa shape index (κ3) is 4.82. The van der Waals surface area contributed by atoms with Crippen LogP contribution in [0.1, 0.15) is 46.5 Å². The van der Waals surface area contributed by atoms with Gasteiger partial charge in [-0.2, -0.15) is 0 Å². The minimum absolute atomic E-state index is 0.153. The van der Waals surface area contributed by atoms with E-state index in [0.29, 0.717) is 26.0 Å². The normalized spacial score (nSPS) is 23.9. The van der Waals surface area contributed by atoms with Gasteiger partial charge in [-0.05, 0) is 33.6 Å². The molecule has 5 heteroatoms. The predicted molar refractivity (Wildman–Crippen MR) is 71.8 cm³/mol. The number of hydrogen-bond acceptors (Lipinski definition) is 3. The molecule has 1 fully saturated rings. The summed E-state index contributed by atoms with van der Waals surface area (Å²) in [5, 5.41) is 12.0. The van der Waals surface area contributed by atoms with Gasteiger partial charge < -0.3 is 15.2 Å². The molecule has 0 heterocycles. The molecule has 0 saturated heterocycles. The Labute approximate surface area is 114 Å². The Morgan fingerprint density at radius 1 is 1.26 bits per heavy atom. The number of carboxylic acids is 1. The first-order chi connectivity index (χ1) is 8.87. The van der Waals surface area contributed by atoms with Gasteiger partial charge >= 0.3 is 5.97 Å². The van der Waals surface area contributed by atoms with Crippen LogP contribution >= 0.6 is 0 Å². The number of hydrogen-bond donors (Lipinski definition) is 2. The fourth-order valence-electron chi connectivity index (χ4n) is 2.61. The van der Waals surface area contributed by atoms with Gasteiger partial charge in [-0.3, -0.25) is 9.59 Å². The van der Waals surface area contributed by atoms with Gasteiger partial charge in [0.15, 0.2) is 0 Å². The molecule has 1 aliphatic rings. The third-order valence-corrected chi connectivity index (χ3v) is 3.64. The number of amides is 1. The van der Waals surface area contributed by atoms with E-state index in [0.717, 1.165) is 12.8 Å². The lowest BCUT2D eigenvalue weighted by Crippen LogP contribution is -2.45. The molecule has 2 atom stereocenters. The molecule has 0 aromatic carbocycles. The van der Waals surface area contributed by atoms with Crippen LogP contribution in [0.2, 0.25) is 0 Å². The fraction of sp³-hybridized carbons (Fsp3) is 0.857. The van der Waals surface area contributed by atoms with E-state index in [-0.39, 0.29) is 5.91 Å². The van der Waals surface area contributed by atoms with Crippen LogP contribution in [0.25, 0.3) is 0 Å². The number of carbonyl (C=O) groups excluding carboxylic acids is 1. The van der Waals surface area contributed by atoms with Gasteiger partial charge in [0.25, 0.3) is 0 Å². The van der Waals surface area contributed by atoms with Gasteiger partial charge in [0, 0.05) is 13.2 Å². The average molecular weight is 271 g/mol. The van der Waals surface area contributed by atoms with Crippen molar-refractivity contribution in [3.05, 3.63) is 0 Å². The van der Waals surface area contributed by atoms with E-state index in [1.54, 1.807) is 0 Å². The van der Waals surface area contributed by atoms with Crippen LogP contribution in [-0.2, 0) is 14.3 Å². The summed E-state index contributed by atoms with van der Waals surface area (Å²) in [6.45, 7) is 6.72. The maximum atomic E-state index is 12.1. The lowest BCUT2D eigenvalue weighted by atomic mass is 9.78. The lowest BCUT2D eigenvalue weighted by Gasteiger charge is -2.30. The number of carboxylic acid groups (broad SMARTS) is 1. The second kappa shape index (κ2) is 6.89. The van der Waals surface area contributed by atoms with E-state index in [1.165, 1.54) is 0 Å². The van der Waals surface area contributed by atoms with Crippen LogP contribution in [-0.4, -0.2) is 35.7 Å². The summed E-state index contributed by atoms with van der Waals surface area (Å²) in [7, 11) is 0. The van der Waals surface area contributed by atoms with E-state index in [1.807, 2.05) is 20.8 Å². The highest BCUT2D eigenvalue weighted by molar-refractivity contribution is 5.84. The van der Waals surface area contributed by atoms with Crippen molar-refractivity contribution in [2.75, 3.05) is 13.2 Å². The van der Waals surface area contributed by atoms with Gasteiger partial charge in [0.2, 0.25) is 5.91 Å². The molecule has 0 unspecified atom stereocenters. The van der Waals surface area contributed by atoms with Crippen molar-refractivity contribution in [2.24, 2.45) is 11.8 Å². The molecule has 19 heavy (non-hydrogen) atoms. The Balaban J connectivity index is 2.54. The van der Waals surface area contributed by atoms with Crippen molar-refractivity contribution in [2.45, 2.75) is 52.1 Å². The van der Waals surface area contributed by atoms with Crippen molar-refractivity contribution >= 4 is 11.9 Å². The summed E-state index contributed by atoms with van der Waals surface area (Å²) in [6.07, 6.45) is 3.09. The molecular weight excluding hydrogens is 246 g/mol. The molecule has 0 spiro atoms. The number of carbonyl (C=O) groups is 2. The standard InChI is InChI=1S/C14H25NO4/c1-4-19-14(2,3)9-15-12(16)10-7-5-6-8-11(10)13(17)18/h10-11H,4-9H2,1-3H3,(H,15,16)(H,17,18)/t10-,11+/m1/s1. The first-order valence-corrected chi connectivity index (χ1v) is 7.02. The topological polar surface area (TPSA) is 75.6 Å². The lowest BCUT2D eigenvalue weighted by molar-refractivity contribution is -0.149. The fourth-order valence-corrected chi connectivity index (χ4v) is 2.61. The summed E-state index contributed by atoms with van der Waals surface area (Å²) < 4.78 is 5.51. The SMILES string of the molecule is CCOC(C)(C)CNC(=O)[C@@H]1CCCC[C@@H]1C(=O)O. The Bertz CT molecular complexity index is 327. The minimum atomic E-state index is -0.857. The van der Waals surface area contributed by atoms with Crippen molar-refractivity contribution in [3.63, 3.8) is 0 Å². The van der Waals surface area contributed by atoms with E-state index in [2.05, 4.69) is 5.32 Å². The first kappa shape index (κ1) is 16.0. The van der Waals surface area contributed by atoms with Crippen molar-refractivity contribution in [1.82, 2.24) is 5.32 Å². The zero-order valence-electron chi connectivity index (χ0n) is 12.1. The Hall–Kier alpha value is -1.10. The molecule has 0 bridgehead atoms. The molecule has 0 aromatic rings. The van der Waals surface area contributed by atoms with Gasteiger partial charge in [0.1, 0.15) is 0 Å². The van der Waals surface area contributed by atoms with Crippen molar-refractivity contribution in [3.8, 4) is 0 Å². The van der Waals surface area contributed by atoms with Crippen LogP contribution in [0.5, 0.6) is 0 Å². The summed E-state index contributed by atoms with van der Waals surface area (Å²) in [4.78, 5) is 23.3. The number of nitrogens with one attached hydrogen (secondary N) is 1. The molecule has 1 amide bonds. The summed E-state index contributed by atoms with van der Waals surface area (Å²) >= 11 is 0. The third-order valence-electron chi connectivity index (χ3n) is 3.64. The second-order valence-corrected chi connectivity index (χ2v) is 5.75. The van der Waals surface area contributed by atoms with Crippen molar-refractivity contribution < 1.29 is 19.4 Å². The smallest absolute Gasteiger partial charge is 0.307 e. The maximum Gasteiger partial charge on any atom is 0.307 e. The summed E-state index contributed by atoms with van der Waals surface area (Å²) in [5.41, 5.74) is -0.419. The van der Waals surface area contributed by atoms with Gasteiger partial charge in [-0.25, -0.2) is 0 Å². The number of aliphatic carboxylic acids is 1. The molecule has 1 aliphatic carbocycles. The minimum Gasteiger partial charge on any atom is -0.481 e. The van der Waals surface area contributed by atoms with Crippen LogP contribution < -0.4 is 5.32 Å². The molecule has 0 aromatic heterocycles. The van der Waals surface area contributed by atoms with Crippen LogP contribution in [0, 0.1) is 11.8 Å². The monoisotopic (exact) mass is 271 g/mol. The molecule has 0 radical (unpaired) electrons. The molecule has 0 aliphatic heterocycles. The van der Waals surface area contributed by atoms with Gasteiger partial charge in [-0.15, -0.1) is 0 Å². The summed E-state index contributed by atoms with van der Waals surface area (Å²) in [6, 6.07) is 0. The molecule has 1 rings (SSSR count). The predicted octanol–water partition coefficient (Wildman–Crippen LogP) is 1.81. The number of ether oxygens (including phenoxy) is 1. The van der Waals surface area contributed by atoms with Crippen LogP contribution in [0.3, 0.4) is 0 Å². The molecule has 1 saturated carbocycles. The highest BCUT2D eigenvalue weighted by Crippen LogP contribution is 2.30. The zero-order chi connectivity index (χ0) is 14.5. The molecule has 2 N–H and O–H groups in total. The zero-order valence-corrected chi connectivity index (χ0v) is 12.1. The highest BCUT2D eigenvalue weighted by atomic mass is 16.5. The second-order valence-electron chi connectivity index (χ2n) is 5.75. The Morgan fingerprint density at radius 2 is 1.84 bits per heavy atom. The highest BCUT2D eigenvalue weighted by Gasteiger charge is 2.36. The van der Waals surface area contributed by atoms with E-state index in [9.17, 15) is 9.59 Å². The summed E-state index contributed by atoms with van der Waals surface area (Å²) in [5.74, 6) is -1.95. The molecular formula is C14H25NO4.